The molecule has 1 atom stereocenters. The molecule has 230 valence electrons. The van der Waals surface area contributed by atoms with Gasteiger partial charge in [0.05, 0.1) is 25.5 Å². The summed E-state index contributed by atoms with van der Waals surface area (Å²) in [5, 5.41) is 11.7. The number of methoxy groups -OCH3 is 2. The summed E-state index contributed by atoms with van der Waals surface area (Å²) in [5.74, 6) is -1.76. The first-order valence-electron chi connectivity index (χ1n) is 13.8. The molecule has 3 aromatic carbocycles. The van der Waals surface area contributed by atoms with Gasteiger partial charge in [-0.3, -0.25) is 14.5 Å². The first-order chi connectivity index (χ1) is 21.8. The number of aliphatic hydroxyl groups is 1. The Morgan fingerprint density at radius 2 is 1.76 bits per heavy atom. The van der Waals surface area contributed by atoms with Crippen molar-refractivity contribution in [1.82, 2.24) is 4.98 Å². The third-order valence-electron chi connectivity index (χ3n) is 7.06. The third-order valence-corrected chi connectivity index (χ3v) is 8.19. The van der Waals surface area contributed by atoms with Crippen LogP contribution in [0.3, 0.4) is 0 Å². The second kappa shape index (κ2) is 13.5. The number of thiazole rings is 1. The molecule has 11 heteroatoms. The van der Waals surface area contributed by atoms with E-state index in [9.17, 15) is 19.5 Å². The van der Waals surface area contributed by atoms with Crippen molar-refractivity contribution >= 4 is 39.9 Å². The van der Waals surface area contributed by atoms with Gasteiger partial charge in [-0.15, -0.1) is 0 Å². The molecule has 45 heavy (non-hydrogen) atoms. The van der Waals surface area contributed by atoms with Crippen molar-refractivity contribution in [3.63, 3.8) is 0 Å². The zero-order chi connectivity index (χ0) is 32.1. The Morgan fingerprint density at radius 1 is 1.02 bits per heavy atom. The Kier molecular flexibility index (Phi) is 9.29. The highest BCUT2D eigenvalue weighted by Crippen LogP contribution is 2.48. The first kappa shape index (κ1) is 31.0. The number of aliphatic hydroxyl groups excluding tert-OH is 1. The molecule has 4 aromatic rings. The lowest BCUT2D eigenvalue weighted by Crippen LogP contribution is -2.29. The quantitative estimate of drug-likeness (QED) is 0.0700. The van der Waals surface area contributed by atoms with E-state index in [0.29, 0.717) is 29.4 Å². The molecule has 1 unspecified atom stereocenters. The topological polar surface area (TPSA) is 124 Å². The Bertz CT molecular complexity index is 1780. The van der Waals surface area contributed by atoms with Crippen molar-refractivity contribution in [2.45, 2.75) is 19.6 Å². The van der Waals surface area contributed by atoms with Crippen molar-refractivity contribution in [2.75, 3.05) is 25.7 Å². The summed E-state index contributed by atoms with van der Waals surface area (Å²) < 4.78 is 22.2. The minimum Gasteiger partial charge on any atom is -0.507 e. The van der Waals surface area contributed by atoms with E-state index in [2.05, 4.69) is 11.6 Å². The highest BCUT2D eigenvalue weighted by molar-refractivity contribution is 7.17. The van der Waals surface area contributed by atoms with E-state index in [4.69, 9.17) is 18.9 Å². The predicted molar refractivity (Wildman–Crippen MR) is 169 cm³/mol. The number of anilines is 1. The number of ether oxygens (including phenoxy) is 4. The summed E-state index contributed by atoms with van der Waals surface area (Å²) >= 11 is 0.898. The van der Waals surface area contributed by atoms with Gasteiger partial charge in [-0.25, -0.2) is 9.78 Å². The van der Waals surface area contributed by atoms with Gasteiger partial charge in [0.25, 0.3) is 5.78 Å². The number of hydrogen-bond donors (Lipinski definition) is 1. The van der Waals surface area contributed by atoms with Crippen molar-refractivity contribution in [3.8, 4) is 17.2 Å². The molecule has 1 fully saturated rings. The number of benzene rings is 3. The van der Waals surface area contributed by atoms with Crippen LogP contribution < -0.4 is 19.1 Å². The summed E-state index contributed by atoms with van der Waals surface area (Å²) in [4.78, 5) is 45.9. The minimum absolute atomic E-state index is 0.00683. The molecular weight excluding hydrogens is 596 g/mol. The van der Waals surface area contributed by atoms with Crippen molar-refractivity contribution in [3.05, 3.63) is 118 Å². The number of rotatable bonds is 11. The van der Waals surface area contributed by atoms with Crippen LogP contribution in [0.25, 0.3) is 5.76 Å². The fourth-order valence-electron chi connectivity index (χ4n) is 4.93. The molecule has 1 amide bonds. The van der Waals surface area contributed by atoms with Crippen LogP contribution >= 0.6 is 11.3 Å². The minimum atomic E-state index is -1.17. The lowest BCUT2D eigenvalue weighted by atomic mass is 9.94. The molecule has 0 spiro atoms. The number of nitrogens with zero attached hydrogens (tertiary/aromatic N) is 2. The maximum absolute atomic E-state index is 13.7. The Hall–Kier alpha value is -5.42. The van der Waals surface area contributed by atoms with Gasteiger partial charge in [0, 0.05) is 11.1 Å². The third kappa shape index (κ3) is 6.16. The molecule has 1 saturated heterocycles. The summed E-state index contributed by atoms with van der Waals surface area (Å²) in [7, 11) is 2.90. The number of hydrogen-bond acceptors (Lipinski definition) is 10. The molecule has 1 aliphatic heterocycles. The average Bonchev–Trinajstić information content (AvgIpc) is 3.58. The standard InChI is InChI=1S/C34H30N2O8S/c1-5-18-43-33(40)31-20(2)35-34(45-31)36-27(24-12-9-13-25(41-3)30(24)42-4)26(29(38)32(36)39)28(37)22-14-16-23(17-15-22)44-19-21-10-7-6-8-11-21/h5-17,27,37H,1,18-19H2,2-4H3/b28-26+. The van der Waals surface area contributed by atoms with Gasteiger partial charge in [-0.05, 0) is 42.8 Å². The van der Waals surface area contributed by atoms with Gasteiger partial charge in [0.2, 0.25) is 0 Å². The second-order valence-corrected chi connectivity index (χ2v) is 10.8. The molecule has 10 nitrogen and oxygen atoms in total. The van der Waals surface area contributed by atoms with Crippen LogP contribution in [-0.4, -0.2) is 48.6 Å². The molecule has 5 rings (SSSR count). The second-order valence-electron chi connectivity index (χ2n) is 9.85. The van der Waals surface area contributed by atoms with Crippen LogP contribution in [-0.2, 0) is 20.9 Å². The maximum Gasteiger partial charge on any atom is 0.350 e. The van der Waals surface area contributed by atoms with E-state index >= 15 is 0 Å². The predicted octanol–water partition coefficient (Wildman–Crippen LogP) is 6.02. The van der Waals surface area contributed by atoms with Gasteiger partial charge >= 0.3 is 11.9 Å². The zero-order valence-electron chi connectivity index (χ0n) is 24.8. The SMILES string of the molecule is C=CCOC(=O)c1sc(N2C(=O)C(=O)/C(=C(/O)c3ccc(OCc4ccccc4)cc3)C2c2cccc(OC)c2OC)nc1C. The summed E-state index contributed by atoms with van der Waals surface area (Å²) in [6.45, 7) is 5.49. The smallest absolute Gasteiger partial charge is 0.350 e. The average molecular weight is 627 g/mol. The van der Waals surface area contributed by atoms with Gasteiger partial charge in [0.15, 0.2) is 16.6 Å². The number of esters is 1. The van der Waals surface area contributed by atoms with Crippen LogP contribution in [0, 0.1) is 6.92 Å². The Labute approximate surface area is 263 Å². The van der Waals surface area contributed by atoms with Crippen LogP contribution in [0.5, 0.6) is 17.2 Å². The van der Waals surface area contributed by atoms with Crippen molar-refractivity contribution in [2.24, 2.45) is 0 Å². The molecule has 0 aliphatic carbocycles. The van der Waals surface area contributed by atoms with Crippen LogP contribution in [0.15, 0.2) is 91.0 Å². The maximum atomic E-state index is 13.7. The Morgan fingerprint density at radius 3 is 2.42 bits per heavy atom. The van der Waals surface area contributed by atoms with E-state index < -0.39 is 29.5 Å². The molecule has 0 radical (unpaired) electrons. The van der Waals surface area contributed by atoms with Crippen LogP contribution in [0.4, 0.5) is 5.13 Å². The monoisotopic (exact) mass is 626 g/mol. The van der Waals surface area contributed by atoms with Gasteiger partial charge < -0.3 is 24.1 Å². The van der Waals surface area contributed by atoms with Gasteiger partial charge in [-0.1, -0.05) is 66.5 Å². The fraction of sp³-hybridized carbons (Fsp3) is 0.176. The number of Topliss-reactive ketones (excluding diaryl/α,β-unsaturated/α-hetero) is 1. The molecular formula is C34H30N2O8S. The lowest BCUT2D eigenvalue weighted by Gasteiger charge is -2.25. The van der Waals surface area contributed by atoms with E-state index in [1.165, 1.54) is 20.3 Å². The summed E-state index contributed by atoms with van der Waals surface area (Å²) in [6, 6.07) is 20.0. The number of aromatic nitrogens is 1. The molecule has 1 N–H and O–H groups in total. The largest absolute Gasteiger partial charge is 0.507 e. The molecule has 2 heterocycles. The molecule has 1 aromatic heterocycles. The van der Waals surface area contributed by atoms with E-state index in [1.807, 2.05) is 30.3 Å². The highest BCUT2D eigenvalue weighted by atomic mass is 32.1. The van der Waals surface area contributed by atoms with E-state index in [0.717, 1.165) is 21.8 Å². The molecule has 0 saturated carbocycles. The number of amides is 1. The zero-order valence-corrected chi connectivity index (χ0v) is 25.6. The summed E-state index contributed by atoms with van der Waals surface area (Å²) in [5.41, 5.74) is 1.77. The van der Waals surface area contributed by atoms with E-state index in [1.54, 1.807) is 49.4 Å². The van der Waals surface area contributed by atoms with Gasteiger partial charge in [0.1, 0.15) is 35.6 Å². The van der Waals surface area contributed by atoms with Gasteiger partial charge in [-0.2, -0.15) is 0 Å². The van der Waals surface area contributed by atoms with Crippen LogP contribution in [0.2, 0.25) is 0 Å². The number of ketones is 1. The van der Waals surface area contributed by atoms with E-state index in [-0.39, 0.29) is 33.5 Å². The fourth-order valence-corrected chi connectivity index (χ4v) is 5.92. The lowest BCUT2D eigenvalue weighted by molar-refractivity contribution is -0.132. The molecule has 0 bridgehead atoms. The highest BCUT2D eigenvalue weighted by Gasteiger charge is 2.49. The number of aryl methyl sites for hydroxylation is 1. The Balaban J connectivity index is 1.59. The van der Waals surface area contributed by atoms with Crippen LogP contribution in [0.1, 0.15) is 38.1 Å². The van der Waals surface area contributed by atoms with Crippen molar-refractivity contribution in [1.29, 1.82) is 0 Å². The number of carbonyl (C=O) groups is 3. The number of para-hydroxylation sites is 1. The number of carbonyl (C=O) groups excluding carboxylic acids is 3. The van der Waals surface area contributed by atoms with Crippen molar-refractivity contribution < 1.29 is 38.4 Å². The molecule has 1 aliphatic rings. The summed E-state index contributed by atoms with van der Waals surface area (Å²) in [6.07, 6.45) is 1.44. The normalized spacial score (nSPS) is 15.5. The first-order valence-corrected chi connectivity index (χ1v) is 14.6.